The van der Waals surface area contributed by atoms with Crippen LogP contribution in [0.3, 0.4) is 0 Å². The molecule has 0 radical (unpaired) electrons. The number of halogens is 4. The maximum atomic E-state index is 14.6. The van der Waals surface area contributed by atoms with Gasteiger partial charge in [-0.15, -0.1) is 0 Å². The molecule has 0 fully saturated rings. The summed E-state index contributed by atoms with van der Waals surface area (Å²) in [6, 6.07) is 9.21. The average Bonchev–Trinajstić information content (AvgIpc) is 2.63. The number of carbonyl (C=O) groups excluding carboxylic acids is 2. The number of benzene rings is 2. The molecule has 0 spiro atoms. The van der Waals surface area contributed by atoms with Crippen molar-refractivity contribution in [2.45, 2.75) is 31.6 Å². The zero-order valence-corrected chi connectivity index (χ0v) is 16.9. The van der Waals surface area contributed by atoms with E-state index in [2.05, 4.69) is 0 Å². The van der Waals surface area contributed by atoms with E-state index < -0.39 is 11.7 Å². The zero-order chi connectivity index (χ0) is 20.0. The van der Waals surface area contributed by atoms with Gasteiger partial charge in [0.2, 0.25) is 5.91 Å². The highest BCUT2D eigenvalue weighted by Gasteiger charge is 2.41. The number of Topliss-reactive ketones (excluding diaryl/α,β-unsaturated/α-hetero) is 1. The molecule has 1 aliphatic carbocycles. The quantitative estimate of drug-likeness (QED) is 0.551. The lowest BCUT2D eigenvalue weighted by molar-refractivity contribution is -0.119. The Hall–Kier alpha value is -1.88. The fraction of sp³-hybridized carbons (Fsp3) is 0.238. The molecule has 0 bridgehead atoms. The van der Waals surface area contributed by atoms with Crippen molar-refractivity contribution in [1.29, 1.82) is 0 Å². The van der Waals surface area contributed by atoms with Gasteiger partial charge in [-0.25, -0.2) is 4.39 Å². The number of rotatable bonds is 2. The van der Waals surface area contributed by atoms with E-state index in [9.17, 15) is 14.0 Å². The molecule has 1 atom stereocenters. The number of anilines is 1. The van der Waals surface area contributed by atoms with E-state index >= 15 is 0 Å². The number of hydrogen-bond donors (Lipinski definition) is 0. The van der Waals surface area contributed by atoms with Crippen LogP contribution in [0, 0.1) is 5.82 Å². The third-order valence-corrected chi connectivity index (χ3v) is 6.04. The van der Waals surface area contributed by atoms with Gasteiger partial charge in [0.1, 0.15) is 5.82 Å². The monoisotopic (exact) mass is 437 g/mol. The average molecular weight is 439 g/mol. The molecule has 0 saturated heterocycles. The molecule has 0 aromatic heterocycles. The minimum atomic E-state index is -0.702. The lowest BCUT2D eigenvalue weighted by atomic mass is 9.77. The first kappa shape index (κ1) is 19.4. The first-order chi connectivity index (χ1) is 13.4. The van der Waals surface area contributed by atoms with Crippen LogP contribution in [0.1, 0.15) is 37.2 Å². The third kappa shape index (κ3) is 3.24. The van der Waals surface area contributed by atoms with Crippen LogP contribution in [0.4, 0.5) is 10.1 Å². The summed E-state index contributed by atoms with van der Waals surface area (Å²) in [6.45, 7) is 0. The maximum Gasteiger partial charge on any atom is 0.232 e. The summed E-state index contributed by atoms with van der Waals surface area (Å²) in [5.74, 6) is -1.57. The molecular formula is C21H15Cl3FNO2. The van der Waals surface area contributed by atoms with Crippen LogP contribution in [-0.2, 0) is 9.59 Å². The fourth-order valence-electron chi connectivity index (χ4n) is 4.03. The van der Waals surface area contributed by atoms with Crippen molar-refractivity contribution in [3.05, 3.63) is 74.1 Å². The molecule has 28 heavy (non-hydrogen) atoms. The summed E-state index contributed by atoms with van der Waals surface area (Å²) in [6.07, 6.45) is 1.43. The Balaban J connectivity index is 1.92. The second-order valence-corrected chi connectivity index (χ2v) is 8.10. The standard InChI is InChI=1S/C21H15Cl3FNO2/c22-11-7-8-16(14(24)9-11)26-17-5-2-6-18(27)21(17)12(10-19(26)28)20-13(23)3-1-4-15(20)25/h1,3-4,7-9,12H,2,5-6,10H2. The molecule has 144 valence electrons. The van der Waals surface area contributed by atoms with Gasteiger partial charge in [0.25, 0.3) is 0 Å². The van der Waals surface area contributed by atoms with E-state index in [0.29, 0.717) is 46.3 Å². The molecule has 1 aliphatic heterocycles. The van der Waals surface area contributed by atoms with Gasteiger partial charge in [-0.1, -0.05) is 40.9 Å². The van der Waals surface area contributed by atoms with Gasteiger partial charge < -0.3 is 0 Å². The summed E-state index contributed by atoms with van der Waals surface area (Å²) in [4.78, 5) is 27.4. The molecule has 4 rings (SSSR count). The minimum Gasteiger partial charge on any atom is -0.294 e. The predicted octanol–water partition coefficient (Wildman–Crippen LogP) is 6.31. The van der Waals surface area contributed by atoms with Crippen molar-refractivity contribution in [2.75, 3.05) is 4.90 Å². The van der Waals surface area contributed by atoms with Gasteiger partial charge in [-0.05, 0) is 43.2 Å². The summed E-state index contributed by atoms with van der Waals surface area (Å²) in [5.41, 5.74) is 1.68. The van der Waals surface area contributed by atoms with Gasteiger partial charge in [0, 0.05) is 45.6 Å². The zero-order valence-electron chi connectivity index (χ0n) is 14.6. The number of hydrogen-bond acceptors (Lipinski definition) is 2. The summed E-state index contributed by atoms with van der Waals surface area (Å²) in [5, 5.41) is 0.970. The van der Waals surface area contributed by atoms with Crippen molar-refractivity contribution in [3.8, 4) is 0 Å². The Bertz CT molecular complexity index is 1010. The van der Waals surface area contributed by atoms with Gasteiger partial charge >= 0.3 is 0 Å². The Kier molecular flexibility index (Phi) is 5.21. The number of allylic oxidation sites excluding steroid dienone is 2. The second kappa shape index (κ2) is 7.51. The molecule has 2 aromatic carbocycles. The molecule has 1 unspecified atom stereocenters. The van der Waals surface area contributed by atoms with Crippen LogP contribution >= 0.6 is 34.8 Å². The van der Waals surface area contributed by atoms with Crippen LogP contribution in [0.25, 0.3) is 0 Å². The van der Waals surface area contributed by atoms with Gasteiger partial charge in [-0.3, -0.25) is 14.5 Å². The van der Waals surface area contributed by atoms with Gasteiger partial charge in [-0.2, -0.15) is 0 Å². The molecule has 1 heterocycles. The Morgan fingerprint density at radius 3 is 2.50 bits per heavy atom. The fourth-order valence-corrected chi connectivity index (χ4v) is 4.81. The third-order valence-electron chi connectivity index (χ3n) is 5.17. The molecule has 0 saturated carbocycles. The van der Waals surface area contributed by atoms with Crippen LogP contribution in [-0.4, -0.2) is 11.7 Å². The van der Waals surface area contributed by atoms with Crippen molar-refractivity contribution in [2.24, 2.45) is 0 Å². The van der Waals surface area contributed by atoms with Crippen LogP contribution in [0.5, 0.6) is 0 Å². The first-order valence-electron chi connectivity index (χ1n) is 8.86. The van der Waals surface area contributed by atoms with Crippen molar-refractivity contribution < 1.29 is 14.0 Å². The normalized spacial score (nSPS) is 19.9. The van der Waals surface area contributed by atoms with Crippen LogP contribution < -0.4 is 4.90 Å². The van der Waals surface area contributed by atoms with Crippen LogP contribution in [0.2, 0.25) is 15.1 Å². The van der Waals surface area contributed by atoms with E-state index in [-0.39, 0.29) is 28.7 Å². The maximum absolute atomic E-state index is 14.6. The lowest BCUT2D eigenvalue weighted by Gasteiger charge is -2.38. The predicted molar refractivity (Wildman–Crippen MR) is 109 cm³/mol. The van der Waals surface area contributed by atoms with Crippen molar-refractivity contribution in [3.63, 3.8) is 0 Å². The SMILES string of the molecule is O=C1CCCC2=C1C(c1c(F)cccc1Cl)CC(=O)N2c1ccc(Cl)cc1Cl. The lowest BCUT2D eigenvalue weighted by Crippen LogP contribution is -2.41. The summed E-state index contributed by atoms with van der Waals surface area (Å²) in [7, 11) is 0. The Morgan fingerprint density at radius 1 is 1.00 bits per heavy atom. The second-order valence-electron chi connectivity index (χ2n) is 6.85. The van der Waals surface area contributed by atoms with E-state index in [1.54, 1.807) is 24.3 Å². The highest BCUT2D eigenvalue weighted by molar-refractivity contribution is 6.37. The minimum absolute atomic E-state index is 0.0653. The Labute approximate surface area is 176 Å². The number of carbonyl (C=O) groups is 2. The van der Waals surface area contributed by atoms with E-state index in [4.69, 9.17) is 34.8 Å². The molecule has 7 heteroatoms. The van der Waals surface area contributed by atoms with Gasteiger partial charge in [0.15, 0.2) is 5.78 Å². The molecule has 1 amide bonds. The smallest absolute Gasteiger partial charge is 0.232 e. The highest BCUT2D eigenvalue weighted by atomic mass is 35.5. The van der Waals surface area contributed by atoms with Crippen LogP contribution in [0.15, 0.2) is 47.7 Å². The first-order valence-corrected chi connectivity index (χ1v) is 10.00. The van der Waals surface area contributed by atoms with E-state index in [1.165, 1.54) is 17.0 Å². The van der Waals surface area contributed by atoms with E-state index in [1.807, 2.05) is 0 Å². The number of amides is 1. The molecular weight excluding hydrogens is 424 g/mol. The number of ketones is 1. The molecule has 2 aromatic rings. The molecule has 0 N–H and O–H groups in total. The van der Waals surface area contributed by atoms with Crippen molar-refractivity contribution >= 4 is 52.2 Å². The summed E-state index contributed by atoms with van der Waals surface area (Å²) < 4.78 is 14.6. The van der Waals surface area contributed by atoms with E-state index in [0.717, 1.165) is 0 Å². The largest absolute Gasteiger partial charge is 0.294 e. The van der Waals surface area contributed by atoms with Crippen molar-refractivity contribution in [1.82, 2.24) is 0 Å². The molecule has 3 nitrogen and oxygen atoms in total. The topological polar surface area (TPSA) is 37.4 Å². The highest BCUT2D eigenvalue weighted by Crippen LogP contribution is 2.46. The molecule has 2 aliphatic rings. The summed E-state index contributed by atoms with van der Waals surface area (Å²) >= 11 is 18.6. The Morgan fingerprint density at radius 2 is 1.79 bits per heavy atom. The number of nitrogens with zero attached hydrogens (tertiary/aromatic N) is 1. The van der Waals surface area contributed by atoms with Gasteiger partial charge in [0.05, 0.1) is 10.7 Å².